The highest BCUT2D eigenvalue weighted by Gasteiger charge is 2.54. The number of nitrogens with zero attached hydrogens (tertiary/aromatic N) is 4. The van der Waals surface area contributed by atoms with Gasteiger partial charge in [-0.15, -0.1) is 5.48 Å². The third kappa shape index (κ3) is 14.9. The number of benzene rings is 5. The molecule has 8 rings (SSSR count). The van der Waals surface area contributed by atoms with Crippen LogP contribution in [0.15, 0.2) is 113 Å². The summed E-state index contributed by atoms with van der Waals surface area (Å²) in [5.74, 6) is -11.0. The number of azo groups is 1. The monoisotopic (exact) mass is 1220 g/mol. The van der Waals surface area contributed by atoms with Gasteiger partial charge in [-0.3, -0.25) is 28.8 Å². The van der Waals surface area contributed by atoms with Crippen LogP contribution in [0.5, 0.6) is 23.0 Å². The van der Waals surface area contributed by atoms with Crippen molar-refractivity contribution in [3.8, 4) is 23.0 Å². The summed E-state index contributed by atoms with van der Waals surface area (Å²) in [6.07, 6.45) is 0.575. The van der Waals surface area contributed by atoms with Gasteiger partial charge in [0, 0.05) is 55.2 Å². The van der Waals surface area contributed by atoms with Crippen LogP contribution in [0.2, 0.25) is 0 Å². The minimum Gasteiger partial charge on any atom is -0.508 e. The summed E-state index contributed by atoms with van der Waals surface area (Å²) in [7, 11) is 3.85. The van der Waals surface area contributed by atoms with Crippen molar-refractivity contribution >= 4 is 76.4 Å². The number of likely N-dealkylation sites (tertiary alicyclic amines) is 1. The number of carbonyl (C=O) groups is 10. The van der Waals surface area contributed by atoms with Crippen LogP contribution in [0, 0.1) is 5.92 Å². The molecule has 1 saturated heterocycles. The molecule has 27 heteroatoms. The number of anilines is 1. The van der Waals surface area contributed by atoms with Gasteiger partial charge < -0.3 is 71.2 Å². The van der Waals surface area contributed by atoms with Crippen LogP contribution in [0.4, 0.5) is 17.1 Å². The molecule has 3 heterocycles. The number of hydrogen-bond donors (Lipinski definition) is 9. The molecule has 1 spiro atoms. The molecule has 5 aromatic carbocycles. The Bertz CT molecular complexity index is 3540. The van der Waals surface area contributed by atoms with Gasteiger partial charge >= 0.3 is 29.8 Å². The molecule has 6 atom stereocenters. The van der Waals surface area contributed by atoms with Crippen molar-refractivity contribution in [2.24, 2.45) is 21.9 Å². The SMILES string of the molecule is CC(C)[C@H](NC(=O)[C@@H]1CCCN1C(=O)[C@H](C)NC(=O)[C@H](C)NC(=O)[C@H](CCCCN)NOC(=O)c1ccc(N=Nc2ccc(N(C)C)cc2)cc1)C(=O)N[C@@H](CC(=O)O)C(=O)OC(=O)c1ccc2c(c1)C1(OC2=O)c2ccc(O)cc2Oc2cc(O)ccc21. The molecule has 0 bridgehead atoms. The molecular weight excluding hydrogens is 1160 g/mol. The topological polar surface area (TPSA) is 386 Å². The van der Waals surface area contributed by atoms with Crippen LogP contribution >= 0.6 is 0 Å². The number of phenols is 2. The van der Waals surface area contributed by atoms with Crippen molar-refractivity contribution < 1.29 is 82.3 Å². The maximum Gasteiger partial charge on any atom is 0.356 e. The summed E-state index contributed by atoms with van der Waals surface area (Å²) in [6, 6.07) is 17.1. The number of aromatic hydroxyl groups is 2. The first kappa shape index (κ1) is 64.7. The average Bonchev–Trinajstić information content (AvgIpc) is 1.64. The lowest BCUT2D eigenvalue weighted by Gasteiger charge is -2.36. The molecule has 5 aromatic rings. The number of carboxylic acid groups (broad SMARTS) is 1. The average molecular weight is 1230 g/mol. The summed E-state index contributed by atoms with van der Waals surface area (Å²) in [5, 5.41) is 48.9. The van der Waals surface area contributed by atoms with Gasteiger partial charge in [0.15, 0.2) is 5.60 Å². The van der Waals surface area contributed by atoms with E-state index in [1.807, 2.05) is 43.3 Å². The Morgan fingerprint density at radius 2 is 1.31 bits per heavy atom. The molecule has 0 radical (unpaired) electrons. The van der Waals surface area contributed by atoms with E-state index in [0.29, 0.717) is 37.2 Å². The molecule has 27 nitrogen and oxygen atoms in total. The van der Waals surface area contributed by atoms with Crippen molar-refractivity contribution in [1.82, 2.24) is 31.6 Å². The van der Waals surface area contributed by atoms with Crippen molar-refractivity contribution in [3.05, 3.63) is 137 Å². The Labute approximate surface area is 510 Å². The number of amides is 5. The zero-order chi connectivity index (χ0) is 64.4. The zero-order valence-electron chi connectivity index (χ0n) is 49.4. The fourth-order valence-electron chi connectivity index (χ4n) is 10.3. The van der Waals surface area contributed by atoms with E-state index in [1.165, 1.54) is 85.5 Å². The second kappa shape index (κ2) is 28.0. The highest BCUT2D eigenvalue weighted by molar-refractivity contribution is 6.03. The molecule has 0 aromatic heterocycles. The molecule has 3 aliphatic rings. The van der Waals surface area contributed by atoms with Gasteiger partial charge in [0.25, 0.3) is 0 Å². The predicted molar refractivity (Wildman–Crippen MR) is 316 cm³/mol. The van der Waals surface area contributed by atoms with E-state index in [4.69, 9.17) is 24.8 Å². The van der Waals surface area contributed by atoms with Gasteiger partial charge in [-0.1, -0.05) is 13.8 Å². The maximum atomic E-state index is 14.0. The van der Waals surface area contributed by atoms with Gasteiger partial charge in [0.1, 0.15) is 59.2 Å². The highest BCUT2D eigenvalue weighted by atomic mass is 16.7. The summed E-state index contributed by atoms with van der Waals surface area (Å²) in [6.45, 7) is 6.28. The first-order valence-corrected chi connectivity index (χ1v) is 28.6. The molecule has 3 aliphatic heterocycles. The third-order valence-electron chi connectivity index (χ3n) is 15.1. The van der Waals surface area contributed by atoms with Gasteiger partial charge in [-0.05, 0) is 149 Å². The number of hydrogen-bond acceptors (Lipinski definition) is 21. The van der Waals surface area contributed by atoms with Crippen molar-refractivity contribution in [2.45, 2.75) is 108 Å². The minimum absolute atomic E-state index is 0.00491. The number of hydroxylamine groups is 1. The molecule has 0 saturated carbocycles. The number of ether oxygens (including phenoxy) is 3. The highest BCUT2D eigenvalue weighted by Crippen LogP contribution is 2.57. The first-order chi connectivity index (χ1) is 42.4. The molecule has 468 valence electrons. The van der Waals surface area contributed by atoms with E-state index < -0.39 is 114 Å². The molecule has 0 unspecified atom stereocenters. The number of nitrogens with two attached hydrogens (primary N) is 1. The van der Waals surface area contributed by atoms with Crippen molar-refractivity contribution in [2.75, 3.05) is 32.1 Å². The summed E-state index contributed by atoms with van der Waals surface area (Å²) in [4.78, 5) is 144. The Balaban J connectivity index is 0.853. The molecular formula is C62H68N10O17. The van der Waals surface area contributed by atoms with Crippen molar-refractivity contribution in [3.63, 3.8) is 0 Å². The van der Waals surface area contributed by atoms with E-state index in [9.17, 15) is 63.3 Å². The van der Waals surface area contributed by atoms with E-state index in [2.05, 4.69) is 37.0 Å². The number of carbonyl (C=O) groups excluding carboxylic acids is 9. The minimum atomic E-state index is -1.99. The fourth-order valence-corrected chi connectivity index (χ4v) is 10.3. The van der Waals surface area contributed by atoms with Crippen LogP contribution in [0.1, 0.15) is 114 Å². The fraction of sp³-hybridized carbons (Fsp3) is 0.355. The lowest BCUT2D eigenvalue weighted by molar-refractivity contribution is -0.148. The Kier molecular flexibility index (Phi) is 20.4. The lowest BCUT2D eigenvalue weighted by Crippen LogP contribution is -2.59. The Morgan fingerprint density at radius 3 is 1.91 bits per heavy atom. The van der Waals surface area contributed by atoms with Gasteiger partial charge in [-0.2, -0.15) is 10.2 Å². The molecule has 1 fully saturated rings. The van der Waals surface area contributed by atoms with Crippen LogP contribution in [0.3, 0.4) is 0 Å². The van der Waals surface area contributed by atoms with E-state index in [1.54, 1.807) is 26.0 Å². The van der Waals surface area contributed by atoms with Crippen LogP contribution in [0.25, 0.3) is 0 Å². The molecule has 0 aliphatic carbocycles. The summed E-state index contributed by atoms with van der Waals surface area (Å²) in [5.41, 5.74) is 8.90. The van der Waals surface area contributed by atoms with Crippen LogP contribution in [-0.2, 0) is 53.5 Å². The second-order valence-corrected chi connectivity index (χ2v) is 22.0. The van der Waals surface area contributed by atoms with E-state index >= 15 is 0 Å². The van der Waals surface area contributed by atoms with Gasteiger partial charge in [0.05, 0.1) is 34.5 Å². The maximum absolute atomic E-state index is 14.0. The third-order valence-corrected chi connectivity index (χ3v) is 15.1. The predicted octanol–water partition coefficient (Wildman–Crippen LogP) is 4.79. The first-order valence-electron chi connectivity index (χ1n) is 28.6. The number of rotatable bonds is 24. The van der Waals surface area contributed by atoms with E-state index in [0.717, 1.165) is 5.69 Å². The number of unbranched alkanes of at least 4 members (excludes halogenated alkanes) is 1. The number of phenolic OH excluding ortho intramolecular Hbond substituents is 2. The second-order valence-electron chi connectivity index (χ2n) is 22.0. The Hall–Kier alpha value is -10.3. The number of esters is 3. The van der Waals surface area contributed by atoms with Gasteiger partial charge in [0.2, 0.25) is 29.5 Å². The smallest absolute Gasteiger partial charge is 0.356 e. The Morgan fingerprint density at radius 1 is 0.708 bits per heavy atom. The quantitative estimate of drug-likeness (QED) is 0.0100. The van der Waals surface area contributed by atoms with Crippen LogP contribution < -0.4 is 42.1 Å². The summed E-state index contributed by atoms with van der Waals surface area (Å²) < 4.78 is 17.2. The molecule has 5 amide bonds. The van der Waals surface area contributed by atoms with Crippen LogP contribution in [-0.4, -0.2) is 143 Å². The number of aliphatic carboxylic acids is 1. The zero-order valence-corrected chi connectivity index (χ0v) is 49.4. The largest absolute Gasteiger partial charge is 0.508 e. The number of carboxylic acids is 1. The number of fused-ring (bicyclic) bond motifs is 6. The standard InChI is InChI=1S/C62H68N10O17/c1-32(2)52(56(80)66-47(31-51(75)76)61(85)87-58(82)36-14-23-42-45(28-36)62(88-60(42)84)43-24-21-40(73)29-49(43)86-50-30-41(74)22-25-44(50)62)67-55(79)48-11-9-27-72(48)57(81)34(4)65-53(77)33(3)64-54(78)46(10-7-8-26-63)70-89-59(83)35-12-15-37(16-13-35)68-69-38-17-19-39(20-18-38)71(5)6/h12-25,28-30,32-34,46-48,52,70,73-74H,7-11,26-27,31,63H2,1-6H3,(H,64,78)(H,65,77)(H,66,80)(H,67,79)(H,75,76)/t33-,34-,46-,47-,48-,52-/m0/s1. The molecule has 89 heavy (non-hydrogen) atoms. The molecule has 10 N–H and O–H groups in total. The lowest BCUT2D eigenvalue weighted by atomic mass is 9.77. The normalized spacial score (nSPS) is 16.0. The van der Waals surface area contributed by atoms with E-state index in [-0.39, 0.29) is 75.8 Å². The van der Waals surface area contributed by atoms with Crippen molar-refractivity contribution in [1.29, 1.82) is 0 Å². The van der Waals surface area contributed by atoms with Gasteiger partial charge in [-0.25, -0.2) is 19.2 Å². The number of nitrogens with one attached hydrogen (secondary N) is 5. The summed E-state index contributed by atoms with van der Waals surface area (Å²) >= 11 is 0.